The molecule has 1 aromatic carbocycles. The number of halogens is 3. The lowest BCUT2D eigenvalue weighted by Crippen LogP contribution is -2.02. The number of nitrogens with two attached hydrogens (primary N) is 1. The van der Waals surface area contributed by atoms with Crippen LogP contribution >= 0.6 is 47.8 Å². The van der Waals surface area contributed by atoms with Gasteiger partial charge < -0.3 is 10.8 Å². The molecule has 70 valence electrons. The van der Waals surface area contributed by atoms with Crippen LogP contribution in [0.5, 0.6) is 0 Å². The summed E-state index contributed by atoms with van der Waals surface area (Å²) in [6, 6.07) is 1.60. The van der Waals surface area contributed by atoms with Gasteiger partial charge in [0.25, 0.3) is 0 Å². The Bertz CT molecular complexity index is 378. The van der Waals surface area contributed by atoms with Crippen LogP contribution in [0.1, 0.15) is 10.4 Å². The molecule has 6 heteroatoms. The van der Waals surface area contributed by atoms with E-state index in [2.05, 4.69) is 47.8 Å². The summed E-state index contributed by atoms with van der Waals surface area (Å²) in [7, 11) is 0. The highest BCUT2D eigenvalue weighted by atomic mass is 79.9. The molecular weight excluding hydrogens is 370 g/mol. The van der Waals surface area contributed by atoms with Gasteiger partial charge >= 0.3 is 5.97 Å². The molecule has 1 aromatic rings. The Morgan fingerprint density at radius 2 is 1.85 bits per heavy atom. The third kappa shape index (κ3) is 2.05. The van der Waals surface area contributed by atoms with Gasteiger partial charge in [-0.2, -0.15) is 0 Å². The minimum atomic E-state index is -1.03. The van der Waals surface area contributed by atoms with Gasteiger partial charge in [-0.15, -0.1) is 0 Å². The summed E-state index contributed by atoms with van der Waals surface area (Å²) < 4.78 is 1.51. The van der Waals surface area contributed by atoms with Crippen molar-refractivity contribution in [2.24, 2.45) is 0 Å². The van der Waals surface area contributed by atoms with Gasteiger partial charge in [0.15, 0.2) is 0 Å². The van der Waals surface area contributed by atoms with Crippen LogP contribution in [0, 0.1) is 0 Å². The van der Waals surface area contributed by atoms with Crippen molar-refractivity contribution in [3.05, 3.63) is 25.0 Å². The van der Waals surface area contributed by atoms with Crippen molar-refractivity contribution in [3.63, 3.8) is 0 Å². The molecule has 0 spiro atoms. The normalized spacial score (nSPS) is 10.1. The van der Waals surface area contributed by atoms with Crippen LogP contribution in [0.3, 0.4) is 0 Å². The summed E-state index contributed by atoms with van der Waals surface area (Å²) in [5.74, 6) is -1.03. The Hall–Kier alpha value is -0.0700. The van der Waals surface area contributed by atoms with Gasteiger partial charge in [0.2, 0.25) is 0 Å². The first-order valence-electron chi connectivity index (χ1n) is 3.11. The van der Waals surface area contributed by atoms with Gasteiger partial charge in [-0.25, -0.2) is 4.79 Å². The number of benzene rings is 1. The first kappa shape index (κ1) is 11.0. The third-order valence-electron chi connectivity index (χ3n) is 1.42. The zero-order chi connectivity index (χ0) is 10.2. The number of anilines is 1. The molecule has 0 aliphatic heterocycles. The zero-order valence-corrected chi connectivity index (χ0v) is 10.9. The fourth-order valence-corrected chi connectivity index (χ4v) is 3.26. The number of rotatable bonds is 1. The van der Waals surface area contributed by atoms with Crippen LogP contribution in [0.2, 0.25) is 0 Å². The Kier molecular flexibility index (Phi) is 3.37. The van der Waals surface area contributed by atoms with Crippen molar-refractivity contribution in [2.45, 2.75) is 0 Å². The number of hydrogen-bond acceptors (Lipinski definition) is 2. The third-order valence-corrected chi connectivity index (χ3v) is 3.52. The van der Waals surface area contributed by atoms with Crippen LogP contribution in [0.15, 0.2) is 19.5 Å². The Morgan fingerprint density at radius 1 is 1.31 bits per heavy atom. The average Bonchev–Trinajstić information content (AvgIpc) is 1.99. The number of aromatic carboxylic acids is 1. The van der Waals surface area contributed by atoms with Gasteiger partial charge in [-0.1, -0.05) is 0 Å². The number of carbonyl (C=O) groups is 1. The SMILES string of the molecule is Nc1c(Br)cc(Br)c(C(=O)O)c1Br. The highest BCUT2D eigenvalue weighted by molar-refractivity contribution is 9.11. The van der Waals surface area contributed by atoms with E-state index in [1.807, 2.05) is 0 Å². The molecule has 0 saturated heterocycles. The predicted octanol–water partition coefficient (Wildman–Crippen LogP) is 3.25. The maximum Gasteiger partial charge on any atom is 0.338 e. The van der Waals surface area contributed by atoms with Crippen LogP contribution in [-0.2, 0) is 0 Å². The minimum Gasteiger partial charge on any atom is -0.478 e. The van der Waals surface area contributed by atoms with Gasteiger partial charge in [0.1, 0.15) is 0 Å². The molecule has 0 heterocycles. The molecule has 0 amide bonds. The molecule has 0 aliphatic rings. The Balaban J connectivity index is 3.53. The largest absolute Gasteiger partial charge is 0.478 e. The summed E-state index contributed by atoms with van der Waals surface area (Å²) in [6.07, 6.45) is 0. The van der Waals surface area contributed by atoms with Crippen molar-refractivity contribution in [3.8, 4) is 0 Å². The first-order chi connectivity index (χ1) is 5.95. The standard InChI is InChI=1S/C7H4Br3NO2/c8-2-1-3(9)6(11)5(10)4(2)7(12)13/h1H,11H2,(H,12,13). The van der Waals surface area contributed by atoms with E-state index < -0.39 is 5.97 Å². The fourth-order valence-electron chi connectivity index (χ4n) is 0.802. The van der Waals surface area contributed by atoms with E-state index in [0.717, 1.165) is 0 Å². The van der Waals surface area contributed by atoms with Crippen molar-refractivity contribution >= 4 is 59.4 Å². The lowest BCUT2D eigenvalue weighted by molar-refractivity contribution is 0.0695. The highest BCUT2D eigenvalue weighted by Gasteiger charge is 2.17. The van der Waals surface area contributed by atoms with Gasteiger partial charge in [-0.05, 0) is 53.9 Å². The molecule has 0 unspecified atom stereocenters. The molecule has 3 nitrogen and oxygen atoms in total. The van der Waals surface area contributed by atoms with Crippen molar-refractivity contribution < 1.29 is 9.90 Å². The minimum absolute atomic E-state index is 0.126. The maximum absolute atomic E-state index is 10.8. The lowest BCUT2D eigenvalue weighted by Gasteiger charge is -2.07. The molecule has 0 fully saturated rings. The molecule has 0 radical (unpaired) electrons. The number of carboxylic acid groups (broad SMARTS) is 1. The van der Waals surface area contributed by atoms with Crippen LogP contribution in [0.25, 0.3) is 0 Å². The number of nitrogen functional groups attached to an aromatic ring is 1. The summed E-state index contributed by atoms with van der Waals surface area (Å²) in [5, 5.41) is 8.83. The van der Waals surface area contributed by atoms with E-state index in [0.29, 0.717) is 19.1 Å². The van der Waals surface area contributed by atoms with Crippen molar-refractivity contribution in [1.82, 2.24) is 0 Å². The first-order valence-corrected chi connectivity index (χ1v) is 5.49. The highest BCUT2D eigenvalue weighted by Crippen LogP contribution is 2.36. The Labute approximate surface area is 99.7 Å². The monoisotopic (exact) mass is 371 g/mol. The van der Waals surface area contributed by atoms with E-state index in [4.69, 9.17) is 10.8 Å². The zero-order valence-electron chi connectivity index (χ0n) is 6.14. The van der Waals surface area contributed by atoms with E-state index in [9.17, 15) is 4.79 Å². The topological polar surface area (TPSA) is 63.3 Å². The molecular formula is C7H4Br3NO2. The van der Waals surface area contributed by atoms with E-state index in [-0.39, 0.29) is 5.56 Å². The molecule has 1 rings (SSSR count). The smallest absolute Gasteiger partial charge is 0.338 e. The second-order valence-corrected chi connectivity index (χ2v) is 4.75. The second kappa shape index (κ2) is 3.98. The number of carboxylic acids is 1. The molecule has 0 aliphatic carbocycles. The molecule has 0 atom stereocenters. The quantitative estimate of drug-likeness (QED) is 0.743. The van der Waals surface area contributed by atoms with Crippen LogP contribution in [-0.4, -0.2) is 11.1 Å². The predicted molar refractivity (Wildman–Crippen MR) is 60.9 cm³/mol. The van der Waals surface area contributed by atoms with E-state index in [1.54, 1.807) is 6.07 Å². The lowest BCUT2D eigenvalue weighted by atomic mass is 10.2. The summed E-state index contributed by atoms with van der Waals surface area (Å²) in [5.41, 5.74) is 6.11. The van der Waals surface area contributed by atoms with E-state index in [1.165, 1.54) is 0 Å². The van der Waals surface area contributed by atoms with Crippen molar-refractivity contribution in [1.29, 1.82) is 0 Å². The molecule has 0 aromatic heterocycles. The summed E-state index contributed by atoms with van der Waals surface area (Å²) in [6.45, 7) is 0. The second-order valence-electron chi connectivity index (χ2n) is 2.25. The van der Waals surface area contributed by atoms with Gasteiger partial charge in [-0.3, -0.25) is 0 Å². The maximum atomic E-state index is 10.8. The van der Waals surface area contributed by atoms with Crippen molar-refractivity contribution in [2.75, 3.05) is 5.73 Å². The molecule has 13 heavy (non-hydrogen) atoms. The molecule has 0 saturated carbocycles. The molecule has 3 N–H and O–H groups in total. The van der Waals surface area contributed by atoms with Crippen LogP contribution in [0.4, 0.5) is 5.69 Å². The number of hydrogen-bond donors (Lipinski definition) is 2. The average molecular weight is 374 g/mol. The Morgan fingerprint density at radius 3 is 2.31 bits per heavy atom. The summed E-state index contributed by atoms with van der Waals surface area (Å²) in [4.78, 5) is 10.8. The fraction of sp³-hybridized carbons (Fsp3) is 0. The molecule has 0 bridgehead atoms. The summed E-state index contributed by atoms with van der Waals surface area (Å²) >= 11 is 9.46. The van der Waals surface area contributed by atoms with Gasteiger partial charge in [0.05, 0.1) is 15.7 Å². The van der Waals surface area contributed by atoms with Crippen LogP contribution < -0.4 is 5.73 Å². The van der Waals surface area contributed by atoms with Gasteiger partial charge in [0, 0.05) is 8.95 Å². The van der Waals surface area contributed by atoms with E-state index >= 15 is 0 Å².